The van der Waals surface area contributed by atoms with Gasteiger partial charge >= 0.3 is 0 Å². The predicted molar refractivity (Wildman–Crippen MR) is 112 cm³/mol. The van der Waals surface area contributed by atoms with Crippen molar-refractivity contribution in [2.45, 2.75) is 20.0 Å². The lowest BCUT2D eigenvalue weighted by Crippen LogP contribution is -2.24. The summed E-state index contributed by atoms with van der Waals surface area (Å²) < 4.78 is 1.77. The summed E-state index contributed by atoms with van der Waals surface area (Å²) in [5.41, 5.74) is 11.4. The monoisotopic (exact) mass is 371 g/mol. The second kappa shape index (κ2) is 7.15. The molecule has 6 nitrogen and oxygen atoms in total. The molecule has 0 unspecified atom stereocenters. The van der Waals surface area contributed by atoms with Crippen LogP contribution in [0, 0.1) is 6.92 Å². The second-order valence-electron chi connectivity index (χ2n) is 6.71. The molecule has 2 heterocycles. The fourth-order valence-corrected chi connectivity index (χ4v) is 3.23. The van der Waals surface area contributed by atoms with Crippen molar-refractivity contribution < 1.29 is 4.79 Å². The van der Waals surface area contributed by atoms with Crippen LogP contribution in [0.1, 0.15) is 21.5 Å². The van der Waals surface area contributed by atoms with Crippen molar-refractivity contribution in [3.8, 4) is 0 Å². The fraction of sp³-hybridized carbons (Fsp3) is 0.136. The van der Waals surface area contributed by atoms with Gasteiger partial charge in [0.15, 0.2) is 5.65 Å². The highest BCUT2D eigenvalue weighted by atomic mass is 16.1. The highest BCUT2D eigenvalue weighted by molar-refractivity contribution is 6.10. The number of nitrogens with two attached hydrogens (primary N) is 1. The number of anilines is 1. The molecule has 2 aromatic heterocycles. The Morgan fingerprint density at radius 2 is 1.82 bits per heavy atom. The van der Waals surface area contributed by atoms with Gasteiger partial charge in [-0.2, -0.15) is 0 Å². The summed E-state index contributed by atoms with van der Waals surface area (Å²) in [5, 5.41) is 2.95. The molecule has 6 heteroatoms. The number of nitrogens with one attached hydrogen (secondary N) is 1. The maximum Gasteiger partial charge on any atom is 0.257 e. The average Bonchev–Trinajstić information content (AvgIpc) is 2.97. The number of hydrogen-bond donors (Lipinski definition) is 2. The molecule has 1 amide bonds. The van der Waals surface area contributed by atoms with Crippen molar-refractivity contribution in [1.82, 2.24) is 19.9 Å². The van der Waals surface area contributed by atoms with Gasteiger partial charge in [-0.15, -0.1) is 6.58 Å². The van der Waals surface area contributed by atoms with Crippen LogP contribution < -0.4 is 11.1 Å². The van der Waals surface area contributed by atoms with E-state index in [2.05, 4.69) is 21.9 Å². The molecule has 0 aliphatic heterocycles. The molecule has 0 bridgehead atoms. The number of para-hydroxylation sites is 2. The number of benzene rings is 2. The van der Waals surface area contributed by atoms with Gasteiger partial charge in [0.25, 0.3) is 5.91 Å². The molecule has 0 atom stereocenters. The Labute approximate surface area is 162 Å². The number of rotatable bonds is 5. The zero-order valence-corrected chi connectivity index (χ0v) is 15.6. The number of aryl methyl sites for hydroxylation is 1. The minimum atomic E-state index is -0.268. The van der Waals surface area contributed by atoms with Gasteiger partial charge in [0.2, 0.25) is 0 Å². The summed E-state index contributed by atoms with van der Waals surface area (Å²) in [7, 11) is 0. The lowest BCUT2D eigenvalue weighted by atomic mass is 10.1. The lowest BCUT2D eigenvalue weighted by Gasteiger charge is -2.07. The van der Waals surface area contributed by atoms with Crippen LogP contribution in [0.15, 0.2) is 61.2 Å². The topological polar surface area (TPSA) is 85.8 Å². The minimum absolute atomic E-state index is 0.268. The van der Waals surface area contributed by atoms with E-state index in [4.69, 9.17) is 5.73 Å². The Balaban J connectivity index is 1.77. The first-order chi connectivity index (χ1) is 13.6. The van der Waals surface area contributed by atoms with E-state index in [1.54, 1.807) is 10.6 Å². The summed E-state index contributed by atoms with van der Waals surface area (Å²) in [6.07, 6.45) is 1.72. The van der Waals surface area contributed by atoms with Crippen molar-refractivity contribution in [1.29, 1.82) is 0 Å². The van der Waals surface area contributed by atoms with Crippen molar-refractivity contribution in [2.75, 3.05) is 5.73 Å². The van der Waals surface area contributed by atoms with Gasteiger partial charge in [-0.3, -0.25) is 4.79 Å². The van der Waals surface area contributed by atoms with Gasteiger partial charge < -0.3 is 15.6 Å². The third-order valence-corrected chi connectivity index (χ3v) is 4.70. The van der Waals surface area contributed by atoms with E-state index in [-0.39, 0.29) is 5.91 Å². The smallest absolute Gasteiger partial charge is 0.257 e. The number of amides is 1. The number of allylic oxidation sites excluding steroid dienone is 1. The number of nitrogen functional groups attached to an aromatic ring is 1. The summed E-state index contributed by atoms with van der Waals surface area (Å²) in [6, 6.07) is 15.6. The van der Waals surface area contributed by atoms with Gasteiger partial charge in [0.05, 0.1) is 11.0 Å². The zero-order valence-electron chi connectivity index (χ0n) is 15.6. The molecule has 0 spiro atoms. The number of nitrogens with zero attached hydrogens (tertiary/aromatic N) is 3. The van der Waals surface area contributed by atoms with Gasteiger partial charge in [0, 0.05) is 13.1 Å². The highest BCUT2D eigenvalue weighted by Crippen LogP contribution is 2.27. The highest BCUT2D eigenvalue weighted by Gasteiger charge is 2.23. The van der Waals surface area contributed by atoms with E-state index in [9.17, 15) is 4.79 Å². The molecule has 0 aliphatic carbocycles. The Morgan fingerprint density at radius 1 is 1.14 bits per heavy atom. The van der Waals surface area contributed by atoms with Crippen LogP contribution in [0.25, 0.3) is 22.2 Å². The first kappa shape index (κ1) is 17.7. The molecular formula is C22H21N5O. The normalized spacial score (nSPS) is 11.0. The molecule has 4 aromatic rings. The van der Waals surface area contributed by atoms with Gasteiger partial charge in [-0.05, 0) is 24.6 Å². The maximum absolute atomic E-state index is 13.0. The van der Waals surface area contributed by atoms with Crippen molar-refractivity contribution >= 4 is 33.9 Å². The predicted octanol–water partition coefficient (Wildman–Crippen LogP) is 3.59. The Morgan fingerprint density at radius 3 is 2.50 bits per heavy atom. The maximum atomic E-state index is 13.0. The van der Waals surface area contributed by atoms with Gasteiger partial charge in [-0.25, -0.2) is 9.97 Å². The lowest BCUT2D eigenvalue weighted by molar-refractivity contribution is 0.0953. The van der Waals surface area contributed by atoms with E-state index >= 15 is 0 Å². The zero-order chi connectivity index (χ0) is 19.7. The van der Waals surface area contributed by atoms with E-state index in [1.165, 1.54) is 5.56 Å². The summed E-state index contributed by atoms with van der Waals surface area (Å²) in [5.74, 6) is 0.0714. The Kier molecular flexibility index (Phi) is 4.53. The summed E-state index contributed by atoms with van der Waals surface area (Å²) >= 11 is 0. The quantitative estimate of drug-likeness (QED) is 0.525. The van der Waals surface area contributed by atoms with E-state index < -0.39 is 0 Å². The largest absolute Gasteiger partial charge is 0.384 e. The summed E-state index contributed by atoms with van der Waals surface area (Å²) in [6.45, 7) is 6.66. The Hall–Kier alpha value is -3.67. The first-order valence-electron chi connectivity index (χ1n) is 9.07. The molecule has 4 rings (SSSR count). The molecule has 0 radical (unpaired) electrons. The van der Waals surface area contributed by atoms with Crippen LogP contribution in [0.2, 0.25) is 0 Å². The molecule has 0 saturated heterocycles. The Bertz CT molecular complexity index is 1190. The van der Waals surface area contributed by atoms with Crippen LogP contribution in [0.3, 0.4) is 0 Å². The standard InChI is InChI=1S/C22H21N5O/c1-3-12-27-20(23)18(22(28)24-13-15-10-8-14(2)9-11-15)19-21(27)26-17-7-5-4-6-16(17)25-19/h3-11H,1,12-13,23H2,2H3,(H,24,28). The molecule has 2 aromatic carbocycles. The van der Waals surface area contributed by atoms with Crippen LogP contribution in [-0.4, -0.2) is 20.4 Å². The fourth-order valence-electron chi connectivity index (χ4n) is 3.23. The van der Waals surface area contributed by atoms with Crippen molar-refractivity contribution in [3.63, 3.8) is 0 Å². The van der Waals surface area contributed by atoms with Crippen molar-refractivity contribution in [2.24, 2.45) is 0 Å². The number of hydrogen-bond acceptors (Lipinski definition) is 4. The molecule has 0 aliphatic rings. The molecular weight excluding hydrogens is 350 g/mol. The van der Waals surface area contributed by atoms with Gasteiger partial charge in [-0.1, -0.05) is 48.0 Å². The number of carbonyl (C=O) groups is 1. The van der Waals surface area contributed by atoms with Crippen LogP contribution in [0.5, 0.6) is 0 Å². The van der Waals surface area contributed by atoms with E-state index in [0.29, 0.717) is 35.6 Å². The van der Waals surface area contributed by atoms with Crippen LogP contribution >= 0.6 is 0 Å². The van der Waals surface area contributed by atoms with Gasteiger partial charge in [0.1, 0.15) is 16.9 Å². The molecule has 3 N–H and O–H groups in total. The SMILES string of the molecule is C=CCn1c(N)c(C(=O)NCc2ccc(C)cc2)c2nc3ccccc3nc21. The third-order valence-electron chi connectivity index (χ3n) is 4.70. The molecule has 140 valence electrons. The number of fused-ring (bicyclic) bond motifs is 2. The third kappa shape index (κ3) is 3.09. The molecule has 0 fully saturated rings. The number of carbonyl (C=O) groups excluding carboxylic acids is 1. The summed E-state index contributed by atoms with van der Waals surface area (Å²) in [4.78, 5) is 22.3. The minimum Gasteiger partial charge on any atom is -0.384 e. The average molecular weight is 371 g/mol. The van der Waals surface area contributed by atoms with Crippen LogP contribution in [0.4, 0.5) is 5.82 Å². The first-order valence-corrected chi connectivity index (χ1v) is 9.07. The van der Waals surface area contributed by atoms with Crippen molar-refractivity contribution in [3.05, 3.63) is 77.9 Å². The van der Waals surface area contributed by atoms with E-state index in [0.717, 1.165) is 16.6 Å². The van der Waals surface area contributed by atoms with Crippen LogP contribution in [-0.2, 0) is 13.1 Å². The molecule has 28 heavy (non-hydrogen) atoms. The van der Waals surface area contributed by atoms with E-state index in [1.807, 2.05) is 55.5 Å². The second-order valence-corrected chi connectivity index (χ2v) is 6.71. The molecule has 0 saturated carbocycles. The number of aromatic nitrogens is 3.